The van der Waals surface area contributed by atoms with E-state index in [4.69, 9.17) is 0 Å². The second-order valence-corrected chi connectivity index (χ2v) is 8.56. The lowest BCUT2D eigenvalue weighted by atomic mass is 10.1. The summed E-state index contributed by atoms with van der Waals surface area (Å²) in [6.45, 7) is 2.87. The first kappa shape index (κ1) is 19.5. The quantitative estimate of drug-likeness (QED) is 0.763. The number of nitrogens with one attached hydrogen (secondary N) is 2. The number of carbonyl (C=O) groups is 1. The minimum atomic E-state index is -3.51. The topological polar surface area (TPSA) is 78.5 Å². The van der Waals surface area contributed by atoms with E-state index in [0.29, 0.717) is 5.56 Å². The number of sulfonamides is 1. The summed E-state index contributed by atoms with van der Waals surface area (Å²) in [5.74, 6) is -0.212. The van der Waals surface area contributed by atoms with Gasteiger partial charge in [0.2, 0.25) is 10.0 Å². The average Bonchev–Trinajstić information content (AvgIpc) is 3.21. The molecule has 27 heavy (non-hydrogen) atoms. The molecular formula is C20H25N3O3S. The Hall–Kier alpha value is -2.22. The summed E-state index contributed by atoms with van der Waals surface area (Å²) < 4.78 is 25.9. The van der Waals surface area contributed by atoms with Crippen molar-refractivity contribution in [2.75, 3.05) is 26.7 Å². The van der Waals surface area contributed by atoms with Gasteiger partial charge in [-0.2, -0.15) is 0 Å². The van der Waals surface area contributed by atoms with Crippen LogP contribution in [0.1, 0.15) is 34.8 Å². The Morgan fingerprint density at radius 2 is 1.67 bits per heavy atom. The van der Waals surface area contributed by atoms with Crippen molar-refractivity contribution in [3.63, 3.8) is 0 Å². The molecule has 144 valence electrons. The monoisotopic (exact) mass is 387 g/mol. The van der Waals surface area contributed by atoms with E-state index in [9.17, 15) is 13.2 Å². The Bertz CT molecular complexity index is 861. The fourth-order valence-electron chi connectivity index (χ4n) is 3.29. The number of hydrogen-bond donors (Lipinski definition) is 2. The highest BCUT2D eigenvalue weighted by Gasteiger charge is 2.21. The summed E-state index contributed by atoms with van der Waals surface area (Å²) >= 11 is 0. The lowest BCUT2D eigenvalue weighted by Gasteiger charge is -2.25. The van der Waals surface area contributed by atoms with Crippen molar-refractivity contribution in [1.82, 2.24) is 14.9 Å². The van der Waals surface area contributed by atoms with Gasteiger partial charge in [0, 0.05) is 12.1 Å². The fraction of sp³-hybridized carbons (Fsp3) is 0.350. The van der Waals surface area contributed by atoms with Crippen molar-refractivity contribution in [2.45, 2.75) is 23.8 Å². The summed E-state index contributed by atoms with van der Waals surface area (Å²) in [5, 5.41) is 3.10. The van der Waals surface area contributed by atoms with Gasteiger partial charge in [0.1, 0.15) is 0 Å². The average molecular weight is 388 g/mol. The van der Waals surface area contributed by atoms with Crippen molar-refractivity contribution >= 4 is 15.9 Å². The molecule has 1 aliphatic rings. The molecule has 0 radical (unpaired) electrons. The van der Waals surface area contributed by atoms with E-state index in [-0.39, 0.29) is 16.8 Å². The third kappa shape index (κ3) is 4.94. The second kappa shape index (κ2) is 8.65. The number of nitrogens with zero attached hydrogens (tertiary/aromatic N) is 1. The highest BCUT2D eigenvalue weighted by atomic mass is 32.2. The van der Waals surface area contributed by atoms with E-state index in [1.165, 1.54) is 44.2 Å². The van der Waals surface area contributed by atoms with Gasteiger partial charge in [-0.3, -0.25) is 4.79 Å². The Morgan fingerprint density at radius 3 is 2.26 bits per heavy atom. The lowest BCUT2D eigenvalue weighted by molar-refractivity contribution is 0.0927. The maximum absolute atomic E-state index is 12.7. The molecule has 0 bridgehead atoms. The molecule has 2 aromatic rings. The number of rotatable bonds is 7. The van der Waals surface area contributed by atoms with Gasteiger partial charge in [0.05, 0.1) is 10.9 Å². The molecule has 2 N–H and O–H groups in total. The van der Waals surface area contributed by atoms with Crippen LogP contribution in [0.4, 0.5) is 0 Å². The summed E-state index contributed by atoms with van der Waals surface area (Å²) in [6, 6.07) is 15.8. The number of hydrogen-bond acceptors (Lipinski definition) is 4. The van der Waals surface area contributed by atoms with E-state index >= 15 is 0 Å². The summed E-state index contributed by atoms with van der Waals surface area (Å²) in [5.41, 5.74) is 1.50. The zero-order chi connectivity index (χ0) is 19.3. The fourth-order valence-corrected chi connectivity index (χ4v) is 4.02. The Kier molecular flexibility index (Phi) is 6.26. The van der Waals surface area contributed by atoms with Crippen molar-refractivity contribution < 1.29 is 13.2 Å². The van der Waals surface area contributed by atoms with Crippen molar-refractivity contribution in [3.8, 4) is 0 Å². The van der Waals surface area contributed by atoms with Gasteiger partial charge in [-0.05, 0) is 62.8 Å². The van der Waals surface area contributed by atoms with E-state index in [1.54, 1.807) is 0 Å². The molecule has 7 heteroatoms. The van der Waals surface area contributed by atoms with Crippen LogP contribution in [0.5, 0.6) is 0 Å². The Morgan fingerprint density at radius 1 is 1.04 bits per heavy atom. The smallest absolute Gasteiger partial charge is 0.251 e. The standard InChI is InChI=1S/C20H25N3O3S/c1-21-27(25,26)18-11-9-17(10-12-18)20(24)22-19(15-23-13-5-6-14-23)16-7-3-2-4-8-16/h2-4,7-12,19,21H,5-6,13-15H2,1H3,(H,22,24). The third-order valence-corrected chi connectivity index (χ3v) is 6.27. The third-order valence-electron chi connectivity index (χ3n) is 4.84. The molecular weight excluding hydrogens is 362 g/mol. The highest BCUT2D eigenvalue weighted by Crippen LogP contribution is 2.19. The van der Waals surface area contributed by atoms with Gasteiger partial charge in [-0.25, -0.2) is 13.1 Å². The van der Waals surface area contributed by atoms with E-state index in [2.05, 4.69) is 14.9 Å². The number of carbonyl (C=O) groups excluding carboxylic acids is 1. The molecule has 1 saturated heterocycles. The minimum Gasteiger partial charge on any atom is -0.344 e. The number of amides is 1. The van der Waals surface area contributed by atoms with Crippen LogP contribution >= 0.6 is 0 Å². The molecule has 1 amide bonds. The van der Waals surface area contributed by atoms with Gasteiger partial charge in [0.25, 0.3) is 5.91 Å². The predicted octanol–water partition coefficient (Wildman–Crippen LogP) is 2.16. The highest BCUT2D eigenvalue weighted by molar-refractivity contribution is 7.89. The van der Waals surface area contributed by atoms with E-state index in [0.717, 1.165) is 25.2 Å². The normalized spacial score (nSPS) is 16.2. The van der Waals surface area contributed by atoms with Gasteiger partial charge in [-0.1, -0.05) is 30.3 Å². The first-order valence-corrected chi connectivity index (χ1v) is 10.6. The number of benzene rings is 2. The second-order valence-electron chi connectivity index (χ2n) is 6.68. The first-order chi connectivity index (χ1) is 13.0. The molecule has 1 unspecified atom stereocenters. The van der Waals surface area contributed by atoms with Gasteiger partial charge in [0.15, 0.2) is 0 Å². The molecule has 0 saturated carbocycles. The van der Waals surface area contributed by atoms with Crippen LogP contribution in [-0.2, 0) is 10.0 Å². The lowest BCUT2D eigenvalue weighted by Crippen LogP contribution is -2.37. The molecule has 6 nitrogen and oxygen atoms in total. The first-order valence-electron chi connectivity index (χ1n) is 9.11. The summed E-state index contributed by atoms with van der Waals surface area (Å²) in [7, 11) is -2.15. The van der Waals surface area contributed by atoms with Crippen LogP contribution in [0.15, 0.2) is 59.5 Å². The zero-order valence-electron chi connectivity index (χ0n) is 15.4. The van der Waals surface area contributed by atoms with E-state index in [1.807, 2.05) is 30.3 Å². The molecule has 1 heterocycles. The van der Waals surface area contributed by atoms with E-state index < -0.39 is 10.0 Å². The molecule has 0 spiro atoms. The summed E-state index contributed by atoms with van der Waals surface area (Å²) in [6.07, 6.45) is 2.38. The minimum absolute atomic E-state index is 0.113. The van der Waals surface area contributed by atoms with Crippen molar-refractivity contribution in [1.29, 1.82) is 0 Å². The van der Waals surface area contributed by atoms with Crippen molar-refractivity contribution in [2.24, 2.45) is 0 Å². The Balaban J connectivity index is 1.75. The van der Waals surface area contributed by atoms with Gasteiger partial charge < -0.3 is 10.2 Å². The van der Waals surface area contributed by atoms with Crippen LogP contribution < -0.4 is 10.0 Å². The molecule has 1 fully saturated rings. The molecule has 1 aliphatic heterocycles. The molecule has 3 rings (SSSR count). The zero-order valence-corrected chi connectivity index (χ0v) is 16.2. The molecule has 0 aromatic heterocycles. The predicted molar refractivity (Wildman–Crippen MR) is 105 cm³/mol. The number of likely N-dealkylation sites (tertiary alicyclic amines) is 1. The van der Waals surface area contributed by atoms with Crippen LogP contribution in [-0.4, -0.2) is 45.9 Å². The maximum Gasteiger partial charge on any atom is 0.251 e. The van der Waals surface area contributed by atoms with Crippen LogP contribution in [0.3, 0.4) is 0 Å². The molecule has 1 atom stereocenters. The molecule has 0 aliphatic carbocycles. The Labute approximate surface area is 160 Å². The van der Waals surface area contributed by atoms with Crippen LogP contribution in [0.25, 0.3) is 0 Å². The van der Waals surface area contributed by atoms with Gasteiger partial charge >= 0.3 is 0 Å². The largest absolute Gasteiger partial charge is 0.344 e. The SMILES string of the molecule is CNS(=O)(=O)c1ccc(C(=O)NC(CN2CCCC2)c2ccccc2)cc1. The van der Waals surface area contributed by atoms with Crippen molar-refractivity contribution in [3.05, 3.63) is 65.7 Å². The molecule has 2 aromatic carbocycles. The van der Waals surface area contributed by atoms with Crippen LogP contribution in [0.2, 0.25) is 0 Å². The summed E-state index contributed by atoms with van der Waals surface area (Å²) in [4.78, 5) is 15.2. The maximum atomic E-state index is 12.7. The van der Waals surface area contributed by atoms with Crippen LogP contribution in [0, 0.1) is 0 Å². The van der Waals surface area contributed by atoms with Gasteiger partial charge in [-0.15, -0.1) is 0 Å².